The van der Waals surface area contributed by atoms with Gasteiger partial charge in [-0.1, -0.05) is 0 Å². The Hall–Kier alpha value is -2.06. The van der Waals surface area contributed by atoms with Crippen LogP contribution in [0, 0.1) is 11.3 Å². The first kappa shape index (κ1) is 14.0. The molecule has 2 N–H and O–H groups in total. The monoisotopic (exact) mass is 247 g/mol. The molecular formula is C13H17N3O2. The fraction of sp³-hybridized carbons (Fsp3) is 0.385. The van der Waals surface area contributed by atoms with Crippen LogP contribution in [0.25, 0.3) is 0 Å². The molecule has 1 amide bonds. The number of nitriles is 1. The van der Waals surface area contributed by atoms with Crippen LogP contribution in [0.4, 0.5) is 0 Å². The van der Waals surface area contributed by atoms with Crippen LogP contribution in [0.5, 0.6) is 5.75 Å². The highest BCUT2D eigenvalue weighted by Crippen LogP contribution is 2.19. The van der Waals surface area contributed by atoms with Crippen molar-refractivity contribution in [2.45, 2.75) is 13.0 Å². The van der Waals surface area contributed by atoms with Crippen molar-refractivity contribution < 1.29 is 9.53 Å². The fourth-order valence-electron chi connectivity index (χ4n) is 1.54. The molecule has 0 radical (unpaired) electrons. The van der Waals surface area contributed by atoms with Gasteiger partial charge in [0.05, 0.1) is 18.7 Å². The minimum Gasteiger partial charge on any atom is -0.496 e. The van der Waals surface area contributed by atoms with Crippen LogP contribution in [-0.4, -0.2) is 26.6 Å². The molecule has 0 aromatic heterocycles. The van der Waals surface area contributed by atoms with Crippen LogP contribution in [0.15, 0.2) is 18.2 Å². The number of methoxy groups -OCH3 is 1. The molecule has 1 rings (SSSR count). The van der Waals surface area contributed by atoms with Crippen LogP contribution in [0.3, 0.4) is 0 Å². The number of hydrogen-bond acceptors (Lipinski definition) is 4. The van der Waals surface area contributed by atoms with Crippen LogP contribution in [0.2, 0.25) is 0 Å². The van der Waals surface area contributed by atoms with Crippen molar-refractivity contribution in [2.75, 3.05) is 20.7 Å². The number of hydrogen-bond donors (Lipinski definition) is 2. The maximum absolute atomic E-state index is 11.0. The van der Waals surface area contributed by atoms with Gasteiger partial charge < -0.3 is 15.4 Å². The van der Waals surface area contributed by atoms with Crippen molar-refractivity contribution >= 4 is 5.91 Å². The molecule has 0 unspecified atom stereocenters. The zero-order valence-corrected chi connectivity index (χ0v) is 10.6. The number of ether oxygens (including phenoxy) is 1. The Kier molecular flexibility index (Phi) is 5.68. The second-order valence-corrected chi connectivity index (χ2v) is 3.74. The van der Waals surface area contributed by atoms with Gasteiger partial charge >= 0.3 is 0 Å². The summed E-state index contributed by atoms with van der Waals surface area (Å²) in [5.41, 5.74) is 1.51. The second-order valence-electron chi connectivity index (χ2n) is 3.74. The van der Waals surface area contributed by atoms with E-state index in [0.29, 0.717) is 25.1 Å². The molecule has 0 atom stereocenters. The number of benzene rings is 1. The molecule has 0 aliphatic carbocycles. The van der Waals surface area contributed by atoms with Crippen molar-refractivity contribution in [1.82, 2.24) is 10.6 Å². The van der Waals surface area contributed by atoms with Gasteiger partial charge in [0.2, 0.25) is 5.91 Å². The van der Waals surface area contributed by atoms with Crippen LogP contribution in [-0.2, 0) is 11.3 Å². The van der Waals surface area contributed by atoms with E-state index in [0.717, 1.165) is 11.3 Å². The van der Waals surface area contributed by atoms with Crippen LogP contribution < -0.4 is 15.4 Å². The van der Waals surface area contributed by atoms with E-state index < -0.39 is 0 Å². The van der Waals surface area contributed by atoms with Gasteiger partial charge in [-0.3, -0.25) is 4.79 Å². The molecule has 0 fully saturated rings. The average Bonchev–Trinajstić information content (AvgIpc) is 2.42. The summed E-state index contributed by atoms with van der Waals surface area (Å²) in [7, 11) is 3.21. The lowest BCUT2D eigenvalue weighted by molar-refractivity contribution is -0.120. The lowest BCUT2D eigenvalue weighted by Gasteiger charge is -2.09. The Morgan fingerprint density at radius 2 is 2.28 bits per heavy atom. The molecule has 96 valence electrons. The van der Waals surface area contributed by atoms with Crippen LogP contribution in [0.1, 0.15) is 17.5 Å². The maximum Gasteiger partial charge on any atom is 0.221 e. The molecule has 5 nitrogen and oxygen atoms in total. The van der Waals surface area contributed by atoms with Crippen molar-refractivity contribution in [3.8, 4) is 11.8 Å². The average molecular weight is 247 g/mol. The number of rotatable bonds is 6. The summed E-state index contributed by atoms with van der Waals surface area (Å²) in [5.74, 6) is 0.738. The summed E-state index contributed by atoms with van der Waals surface area (Å²) in [5, 5.41) is 14.5. The number of carbonyl (C=O) groups excluding carboxylic acids is 1. The third-order valence-corrected chi connectivity index (χ3v) is 2.53. The van der Waals surface area contributed by atoms with Gasteiger partial charge in [-0.15, -0.1) is 0 Å². The van der Waals surface area contributed by atoms with E-state index in [1.165, 1.54) is 0 Å². The SMILES string of the molecule is CNC(=O)CCNCc1cc(C#N)ccc1OC. The first-order valence-electron chi connectivity index (χ1n) is 5.69. The lowest BCUT2D eigenvalue weighted by Crippen LogP contribution is -2.24. The van der Waals surface area contributed by atoms with Gasteiger partial charge in [-0.25, -0.2) is 0 Å². The lowest BCUT2D eigenvalue weighted by atomic mass is 10.1. The van der Waals surface area contributed by atoms with E-state index in [2.05, 4.69) is 16.7 Å². The van der Waals surface area contributed by atoms with E-state index >= 15 is 0 Å². The predicted molar refractivity (Wildman–Crippen MR) is 68.1 cm³/mol. The molecular weight excluding hydrogens is 230 g/mol. The van der Waals surface area contributed by atoms with Gasteiger partial charge in [-0.2, -0.15) is 5.26 Å². The highest BCUT2D eigenvalue weighted by Gasteiger charge is 2.04. The molecule has 0 aliphatic rings. The molecule has 1 aromatic rings. The number of amides is 1. The normalized spacial score (nSPS) is 9.61. The Labute approximate surface area is 107 Å². The summed E-state index contributed by atoms with van der Waals surface area (Å²) in [6.07, 6.45) is 0.427. The zero-order valence-electron chi connectivity index (χ0n) is 10.6. The van der Waals surface area contributed by atoms with Crippen molar-refractivity contribution in [3.63, 3.8) is 0 Å². The third-order valence-electron chi connectivity index (χ3n) is 2.53. The first-order valence-corrected chi connectivity index (χ1v) is 5.69. The highest BCUT2D eigenvalue weighted by atomic mass is 16.5. The Morgan fingerprint density at radius 3 is 2.89 bits per heavy atom. The Balaban J connectivity index is 2.55. The predicted octanol–water partition coefficient (Wildman–Crippen LogP) is 0.793. The quantitative estimate of drug-likeness (QED) is 0.729. The molecule has 1 aromatic carbocycles. The smallest absolute Gasteiger partial charge is 0.221 e. The van der Waals surface area contributed by atoms with Gasteiger partial charge in [0, 0.05) is 32.1 Å². The van der Waals surface area contributed by atoms with E-state index in [1.54, 1.807) is 32.4 Å². The maximum atomic E-state index is 11.0. The van der Waals surface area contributed by atoms with Crippen LogP contribution >= 0.6 is 0 Å². The van der Waals surface area contributed by atoms with E-state index in [-0.39, 0.29) is 5.91 Å². The zero-order chi connectivity index (χ0) is 13.4. The number of carbonyl (C=O) groups is 1. The molecule has 0 saturated carbocycles. The van der Waals surface area contributed by atoms with Gasteiger partial charge in [0.15, 0.2) is 0 Å². The fourth-order valence-corrected chi connectivity index (χ4v) is 1.54. The summed E-state index contributed by atoms with van der Waals surface area (Å²) in [4.78, 5) is 11.0. The number of nitrogens with zero attached hydrogens (tertiary/aromatic N) is 1. The minimum atomic E-state index is 0.000223. The van der Waals surface area contributed by atoms with Crippen molar-refractivity contribution in [3.05, 3.63) is 29.3 Å². The Bertz CT molecular complexity index is 452. The van der Waals surface area contributed by atoms with E-state index in [9.17, 15) is 4.79 Å². The van der Waals surface area contributed by atoms with Crippen molar-refractivity contribution in [2.24, 2.45) is 0 Å². The summed E-state index contributed by atoms with van der Waals surface area (Å²) < 4.78 is 5.22. The van der Waals surface area contributed by atoms with E-state index in [4.69, 9.17) is 10.00 Å². The highest BCUT2D eigenvalue weighted by molar-refractivity contribution is 5.75. The molecule has 0 spiro atoms. The molecule has 0 aliphatic heterocycles. The third kappa shape index (κ3) is 4.07. The topological polar surface area (TPSA) is 74.2 Å². The molecule has 18 heavy (non-hydrogen) atoms. The minimum absolute atomic E-state index is 0.000223. The second kappa shape index (κ2) is 7.30. The van der Waals surface area contributed by atoms with Crippen molar-refractivity contribution in [1.29, 1.82) is 5.26 Å². The summed E-state index contributed by atoms with van der Waals surface area (Å²) in [6.45, 7) is 1.15. The summed E-state index contributed by atoms with van der Waals surface area (Å²) in [6, 6.07) is 7.36. The standard InChI is InChI=1S/C13H17N3O2/c1-15-13(17)5-6-16-9-11-7-10(8-14)3-4-12(11)18-2/h3-4,7,16H,5-6,9H2,1-2H3,(H,15,17). The number of nitrogens with one attached hydrogen (secondary N) is 2. The van der Waals surface area contributed by atoms with Gasteiger partial charge in [-0.05, 0) is 18.2 Å². The van der Waals surface area contributed by atoms with E-state index in [1.807, 2.05) is 0 Å². The summed E-state index contributed by atoms with van der Waals surface area (Å²) >= 11 is 0. The molecule has 5 heteroatoms. The molecule has 0 bridgehead atoms. The van der Waals surface area contributed by atoms with Gasteiger partial charge in [0.25, 0.3) is 0 Å². The van der Waals surface area contributed by atoms with Gasteiger partial charge in [0.1, 0.15) is 5.75 Å². The first-order chi connectivity index (χ1) is 8.71. The largest absolute Gasteiger partial charge is 0.496 e. The molecule has 0 heterocycles. The molecule has 0 saturated heterocycles. The Morgan fingerprint density at radius 1 is 1.50 bits per heavy atom.